The third kappa shape index (κ3) is 6.92. The van der Waals surface area contributed by atoms with Crippen molar-refractivity contribution in [2.75, 3.05) is 26.2 Å². The van der Waals surface area contributed by atoms with Gasteiger partial charge in [0.1, 0.15) is 18.0 Å². The van der Waals surface area contributed by atoms with E-state index in [1.165, 1.54) is 0 Å². The zero-order valence-electron chi connectivity index (χ0n) is 16.2. The Balaban J connectivity index is 2.00. The van der Waals surface area contributed by atoms with Gasteiger partial charge < -0.3 is 14.4 Å². The predicted octanol–water partition coefficient (Wildman–Crippen LogP) is 4.53. The molecule has 0 spiro atoms. The fourth-order valence-electron chi connectivity index (χ4n) is 2.97. The van der Waals surface area contributed by atoms with Crippen molar-refractivity contribution in [3.05, 3.63) is 28.2 Å². The lowest BCUT2D eigenvalue weighted by atomic mass is 10.1. The lowest BCUT2D eigenvalue weighted by Crippen LogP contribution is -2.54. The smallest absolute Gasteiger partial charge is 0.410 e. The standard InChI is InChI=1S/C19H27BrF2N2O3/c1-13-10-23(7-8-24(13)18(25)27-19(2,3)4)11-14-9-15(20)5-6-16(14)26-12-17(21)22/h5-6,9,13,17H,7-8,10-12H2,1-4H3/t13-/m0/s1. The van der Waals surface area contributed by atoms with Gasteiger partial charge in [-0.1, -0.05) is 15.9 Å². The maximum Gasteiger partial charge on any atom is 0.410 e. The monoisotopic (exact) mass is 448 g/mol. The number of alkyl halides is 2. The van der Waals surface area contributed by atoms with Crippen molar-refractivity contribution in [2.24, 2.45) is 0 Å². The van der Waals surface area contributed by atoms with Crippen molar-refractivity contribution in [1.82, 2.24) is 9.80 Å². The Morgan fingerprint density at radius 3 is 2.63 bits per heavy atom. The quantitative estimate of drug-likeness (QED) is 0.663. The van der Waals surface area contributed by atoms with Crippen molar-refractivity contribution in [3.63, 3.8) is 0 Å². The summed E-state index contributed by atoms with van der Waals surface area (Å²) in [5, 5.41) is 0. The van der Waals surface area contributed by atoms with E-state index in [0.29, 0.717) is 31.9 Å². The zero-order chi connectivity index (χ0) is 20.2. The van der Waals surface area contributed by atoms with Gasteiger partial charge in [-0.05, 0) is 45.9 Å². The highest BCUT2D eigenvalue weighted by molar-refractivity contribution is 9.10. The highest BCUT2D eigenvalue weighted by Gasteiger charge is 2.31. The van der Waals surface area contributed by atoms with Crippen LogP contribution in [0, 0.1) is 0 Å². The number of piperazine rings is 1. The van der Waals surface area contributed by atoms with E-state index in [1.807, 2.05) is 33.8 Å². The Kier molecular flexibility index (Phi) is 7.45. The Labute approximate surface area is 167 Å². The van der Waals surface area contributed by atoms with Crippen LogP contribution in [0.5, 0.6) is 5.75 Å². The molecule has 8 heteroatoms. The van der Waals surface area contributed by atoms with Gasteiger partial charge in [-0.2, -0.15) is 0 Å². The normalized spacial score (nSPS) is 18.7. The molecule has 2 rings (SSSR count). The number of hydrogen-bond donors (Lipinski definition) is 0. The van der Waals surface area contributed by atoms with Gasteiger partial charge in [0.05, 0.1) is 0 Å². The second-order valence-electron chi connectivity index (χ2n) is 7.71. The number of carbonyl (C=O) groups is 1. The average Bonchev–Trinajstić information content (AvgIpc) is 2.52. The lowest BCUT2D eigenvalue weighted by molar-refractivity contribution is 0.000428. The van der Waals surface area contributed by atoms with Crippen molar-refractivity contribution < 1.29 is 23.0 Å². The van der Waals surface area contributed by atoms with Gasteiger partial charge in [-0.3, -0.25) is 4.90 Å². The highest BCUT2D eigenvalue weighted by atomic mass is 79.9. The van der Waals surface area contributed by atoms with Crippen LogP contribution >= 0.6 is 15.9 Å². The van der Waals surface area contributed by atoms with Crippen LogP contribution in [0.3, 0.4) is 0 Å². The molecule has 27 heavy (non-hydrogen) atoms. The first kappa shape index (κ1) is 21.9. The molecule has 1 aliphatic heterocycles. The number of carbonyl (C=O) groups excluding carboxylic acids is 1. The molecule has 1 amide bonds. The highest BCUT2D eigenvalue weighted by Crippen LogP contribution is 2.26. The molecule has 1 heterocycles. The van der Waals surface area contributed by atoms with Gasteiger partial charge in [-0.25, -0.2) is 13.6 Å². The summed E-state index contributed by atoms with van der Waals surface area (Å²) in [6.07, 6.45) is -2.82. The number of nitrogens with zero attached hydrogens (tertiary/aromatic N) is 2. The van der Waals surface area contributed by atoms with E-state index < -0.39 is 18.6 Å². The van der Waals surface area contributed by atoms with E-state index in [9.17, 15) is 13.6 Å². The topological polar surface area (TPSA) is 42.0 Å². The van der Waals surface area contributed by atoms with E-state index in [2.05, 4.69) is 20.8 Å². The molecule has 0 bridgehead atoms. The van der Waals surface area contributed by atoms with E-state index in [0.717, 1.165) is 10.0 Å². The second kappa shape index (κ2) is 9.19. The fourth-order valence-corrected chi connectivity index (χ4v) is 3.38. The minimum absolute atomic E-state index is 0.00816. The number of halogens is 3. The minimum Gasteiger partial charge on any atom is -0.487 e. The molecule has 1 atom stereocenters. The number of ether oxygens (including phenoxy) is 2. The Bertz CT molecular complexity index is 652. The van der Waals surface area contributed by atoms with Gasteiger partial charge in [0.2, 0.25) is 0 Å². The number of benzene rings is 1. The predicted molar refractivity (Wildman–Crippen MR) is 103 cm³/mol. The van der Waals surface area contributed by atoms with Crippen LogP contribution in [0.15, 0.2) is 22.7 Å². The van der Waals surface area contributed by atoms with E-state index in [4.69, 9.17) is 9.47 Å². The summed E-state index contributed by atoms with van der Waals surface area (Å²) in [5.41, 5.74) is 0.309. The summed E-state index contributed by atoms with van der Waals surface area (Å²) in [6, 6.07) is 5.34. The van der Waals surface area contributed by atoms with Crippen molar-refractivity contribution >= 4 is 22.0 Å². The Morgan fingerprint density at radius 1 is 1.33 bits per heavy atom. The van der Waals surface area contributed by atoms with Crippen LogP contribution in [0.4, 0.5) is 13.6 Å². The summed E-state index contributed by atoms with van der Waals surface area (Å²) in [7, 11) is 0. The molecule has 1 saturated heterocycles. The van der Waals surface area contributed by atoms with E-state index in [-0.39, 0.29) is 12.1 Å². The first-order valence-corrected chi connectivity index (χ1v) is 9.76. The van der Waals surface area contributed by atoms with Crippen LogP contribution in [-0.4, -0.2) is 60.2 Å². The van der Waals surface area contributed by atoms with Crippen LogP contribution in [0.25, 0.3) is 0 Å². The third-order valence-corrected chi connectivity index (χ3v) is 4.61. The summed E-state index contributed by atoms with van der Waals surface area (Å²) in [5.74, 6) is 0.459. The van der Waals surface area contributed by atoms with Gasteiger partial charge in [0, 0.05) is 42.3 Å². The summed E-state index contributed by atoms with van der Waals surface area (Å²) in [6.45, 7) is 9.34. The summed E-state index contributed by atoms with van der Waals surface area (Å²) in [4.78, 5) is 16.2. The molecular weight excluding hydrogens is 422 g/mol. The van der Waals surface area contributed by atoms with Crippen LogP contribution in [-0.2, 0) is 11.3 Å². The maximum atomic E-state index is 12.5. The maximum absolute atomic E-state index is 12.5. The number of rotatable bonds is 5. The molecule has 1 fully saturated rings. The molecule has 152 valence electrons. The molecule has 1 aromatic rings. The fraction of sp³-hybridized carbons (Fsp3) is 0.632. The molecule has 5 nitrogen and oxygen atoms in total. The SMILES string of the molecule is C[C@H]1CN(Cc2cc(Br)ccc2OCC(F)F)CCN1C(=O)OC(C)(C)C. The van der Waals surface area contributed by atoms with Crippen LogP contribution in [0.2, 0.25) is 0 Å². The molecule has 1 aromatic carbocycles. The largest absolute Gasteiger partial charge is 0.487 e. The van der Waals surface area contributed by atoms with Crippen LogP contribution < -0.4 is 4.74 Å². The third-order valence-electron chi connectivity index (χ3n) is 4.12. The summed E-state index contributed by atoms with van der Waals surface area (Å²) >= 11 is 3.42. The molecule has 0 saturated carbocycles. The minimum atomic E-state index is -2.51. The van der Waals surface area contributed by atoms with Gasteiger partial charge in [-0.15, -0.1) is 0 Å². The van der Waals surface area contributed by atoms with E-state index >= 15 is 0 Å². The first-order chi connectivity index (χ1) is 12.5. The van der Waals surface area contributed by atoms with Gasteiger partial charge in [0.25, 0.3) is 6.43 Å². The average molecular weight is 449 g/mol. The Morgan fingerprint density at radius 2 is 2.04 bits per heavy atom. The Hall–Kier alpha value is -1.41. The number of amides is 1. The summed E-state index contributed by atoms with van der Waals surface area (Å²) < 4.78 is 36.5. The number of hydrogen-bond acceptors (Lipinski definition) is 4. The molecule has 0 N–H and O–H groups in total. The van der Waals surface area contributed by atoms with Gasteiger partial charge in [0.15, 0.2) is 0 Å². The van der Waals surface area contributed by atoms with Crippen molar-refractivity contribution in [1.29, 1.82) is 0 Å². The van der Waals surface area contributed by atoms with E-state index in [1.54, 1.807) is 17.0 Å². The molecule has 0 unspecified atom stereocenters. The first-order valence-electron chi connectivity index (χ1n) is 8.96. The van der Waals surface area contributed by atoms with Crippen LogP contribution in [0.1, 0.15) is 33.3 Å². The molecule has 0 aromatic heterocycles. The molecule has 0 aliphatic carbocycles. The van der Waals surface area contributed by atoms with Crippen molar-refractivity contribution in [3.8, 4) is 5.75 Å². The molecular formula is C19H27BrF2N2O3. The zero-order valence-corrected chi connectivity index (χ0v) is 17.8. The van der Waals surface area contributed by atoms with Gasteiger partial charge >= 0.3 is 6.09 Å². The van der Waals surface area contributed by atoms with Crippen molar-refractivity contribution in [2.45, 2.75) is 52.3 Å². The molecule has 1 aliphatic rings. The second-order valence-corrected chi connectivity index (χ2v) is 8.63. The lowest BCUT2D eigenvalue weighted by Gasteiger charge is -2.40. The molecule has 0 radical (unpaired) electrons.